The molecule has 0 aromatic carbocycles. The summed E-state index contributed by atoms with van der Waals surface area (Å²) in [5.41, 5.74) is 7.27. The van der Waals surface area contributed by atoms with Gasteiger partial charge in [0.2, 0.25) is 5.92 Å². The smallest absolute Gasteiger partial charge is 0.248 e. The molecule has 2 N–H and O–H groups in total. The van der Waals surface area contributed by atoms with Gasteiger partial charge in [-0.1, -0.05) is 0 Å². The van der Waals surface area contributed by atoms with Gasteiger partial charge in [0.15, 0.2) is 0 Å². The second kappa shape index (κ2) is 5.44. The molecule has 0 saturated heterocycles. The normalized spacial score (nSPS) is 25.7. The molecule has 1 nitrogen and oxygen atoms in total. The molecule has 1 heterocycles. The minimum absolute atomic E-state index is 0.0171. The van der Waals surface area contributed by atoms with E-state index in [-0.39, 0.29) is 24.8 Å². The Bertz CT molecular complexity index is 337. The quantitative estimate of drug-likeness (QED) is 0.873. The van der Waals surface area contributed by atoms with Crippen LogP contribution in [0.2, 0.25) is 0 Å². The van der Waals surface area contributed by atoms with E-state index in [1.54, 1.807) is 11.3 Å². The largest absolute Gasteiger partial charge is 0.327 e. The molecule has 0 radical (unpaired) electrons. The van der Waals surface area contributed by atoms with E-state index in [4.69, 9.17) is 5.73 Å². The van der Waals surface area contributed by atoms with Gasteiger partial charge in [-0.25, -0.2) is 8.78 Å². The lowest BCUT2D eigenvalue weighted by Gasteiger charge is -2.30. The Morgan fingerprint density at radius 1 is 1.53 bits per heavy atom. The maximum absolute atomic E-state index is 13.2. The van der Waals surface area contributed by atoms with E-state index >= 15 is 0 Å². The molecule has 1 saturated carbocycles. The zero-order valence-electron chi connectivity index (χ0n) is 9.87. The molecule has 4 heteroatoms. The van der Waals surface area contributed by atoms with E-state index in [1.165, 1.54) is 5.56 Å². The molecule has 1 aromatic heterocycles. The highest BCUT2D eigenvalue weighted by atomic mass is 32.1. The Morgan fingerprint density at radius 3 is 3.00 bits per heavy atom. The molecule has 2 atom stereocenters. The van der Waals surface area contributed by atoms with Crippen molar-refractivity contribution < 1.29 is 8.78 Å². The number of alkyl halides is 2. The fourth-order valence-electron chi connectivity index (χ4n) is 2.70. The molecule has 96 valence electrons. The summed E-state index contributed by atoms with van der Waals surface area (Å²) in [5.74, 6) is -2.35. The highest BCUT2D eigenvalue weighted by Crippen LogP contribution is 2.38. The summed E-state index contributed by atoms with van der Waals surface area (Å²) in [6.07, 6.45) is 3.18. The minimum atomic E-state index is -2.45. The van der Waals surface area contributed by atoms with Crippen molar-refractivity contribution in [1.29, 1.82) is 0 Å². The summed E-state index contributed by atoms with van der Waals surface area (Å²) in [4.78, 5) is 0. The summed E-state index contributed by atoms with van der Waals surface area (Å²) < 4.78 is 26.5. The molecule has 0 spiro atoms. The van der Waals surface area contributed by atoms with Crippen molar-refractivity contribution >= 4 is 11.3 Å². The molecule has 2 unspecified atom stereocenters. The summed E-state index contributed by atoms with van der Waals surface area (Å²) in [5, 5.41) is 4.10. The maximum atomic E-state index is 13.2. The molecule has 1 aliphatic carbocycles. The molecule has 2 rings (SSSR count). The molecule has 0 amide bonds. The minimum Gasteiger partial charge on any atom is -0.327 e. The lowest BCUT2D eigenvalue weighted by atomic mass is 9.82. The fourth-order valence-corrected chi connectivity index (χ4v) is 3.38. The van der Waals surface area contributed by atoms with Crippen molar-refractivity contribution in [2.75, 3.05) is 0 Å². The van der Waals surface area contributed by atoms with Gasteiger partial charge in [0.25, 0.3) is 0 Å². The number of thiophene rings is 1. The van der Waals surface area contributed by atoms with Gasteiger partial charge in [0.05, 0.1) is 0 Å². The van der Waals surface area contributed by atoms with Gasteiger partial charge in [-0.15, -0.1) is 0 Å². The highest BCUT2D eigenvalue weighted by Gasteiger charge is 2.36. The van der Waals surface area contributed by atoms with Gasteiger partial charge in [0, 0.05) is 18.9 Å². The maximum Gasteiger partial charge on any atom is 0.248 e. The Labute approximate surface area is 105 Å². The summed E-state index contributed by atoms with van der Waals surface area (Å²) in [7, 11) is 0. The Hall–Kier alpha value is -0.480. The van der Waals surface area contributed by atoms with Crippen LogP contribution in [0.5, 0.6) is 0 Å². The van der Waals surface area contributed by atoms with Gasteiger partial charge >= 0.3 is 0 Å². The summed E-state index contributed by atoms with van der Waals surface area (Å²) >= 11 is 1.65. The van der Waals surface area contributed by atoms with Gasteiger partial charge in [0.1, 0.15) is 0 Å². The van der Waals surface area contributed by atoms with E-state index in [2.05, 4.69) is 11.4 Å². The van der Waals surface area contributed by atoms with E-state index in [1.807, 2.05) is 5.38 Å². The van der Waals surface area contributed by atoms with Crippen molar-refractivity contribution in [3.8, 4) is 0 Å². The number of rotatable bonds is 4. The van der Waals surface area contributed by atoms with E-state index in [9.17, 15) is 8.78 Å². The molecule has 1 aromatic rings. The van der Waals surface area contributed by atoms with Crippen LogP contribution >= 0.6 is 11.3 Å². The standard InChI is InChI=1S/C13H19F2NS/c14-13(15)4-1-2-10(8-13)6-12(16)7-11-3-5-17-9-11/h3,5,9-10,12H,1-2,4,6-8,16H2. The van der Waals surface area contributed by atoms with Crippen LogP contribution in [0, 0.1) is 5.92 Å². The van der Waals surface area contributed by atoms with Crippen LogP contribution in [-0.2, 0) is 6.42 Å². The van der Waals surface area contributed by atoms with Gasteiger partial charge in [-0.3, -0.25) is 0 Å². The molecule has 1 aliphatic rings. The molecular weight excluding hydrogens is 240 g/mol. The van der Waals surface area contributed by atoms with E-state index in [0.29, 0.717) is 6.42 Å². The van der Waals surface area contributed by atoms with Crippen LogP contribution in [0.4, 0.5) is 8.78 Å². The molecular formula is C13H19F2NS. The second-order valence-corrected chi connectivity index (χ2v) is 5.93. The Morgan fingerprint density at radius 2 is 2.35 bits per heavy atom. The van der Waals surface area contributed by atoms with Crippen molar-refractivity contribution in [2.45, 2.75) is 50.5 Å². The third-order valence-electron chi connectivity index (χ3n) is 3.46. The van der Waals surface area contributed by atoms with Crippen LogP contribution in [0.25, 0.3) is 0 Å². The van der Waals surface area contributed by atoms with Crippen LogP contribution in [-0.4, -0.2) is 12.0 Å². The monoisotopic (exact) mass is 259 g/mol. The Kier molecular flexibility index (Phi) is 4.15. The Balaban J connectivity index is 1.80. The van der Waals surface area contributed by atoms with Gasteiger partial charge < -0.3 is 5.73 Å². The van der Waals surface area contributed by atoms with Crippen LogP contribution in [0.1, 0.15) is 37.7 Å². The van der Waals surface area contributed by atoms with Crippen molar-refractivity contribution in [1.82, 2.24) is 0 Å². The van der Waals surface area contributed by atoms with E-state index < -0.39 is 5.92 Å². The van der Waals surface area contributed by atoms with Crippen molar-refractivity contribution in [3.63, 3.8) is 0 Å². The average Bonchev–Trinajstić information content (AvgIpc) is 2.68. The van der Waals surface area contributed by atoms with Gasteiger partial charge in [-0.05, 0) is 54.0 Å². The molecule has 0 bridgehead atoms. The van der Waals surface area contributed by atoms with Crippen LogP contribution < -0.4 is 5.73 Å². The SMILES string of the molecule is NC(Cc1ccsc1)CC1CCCC(F)(F)C1. The first kappa shape index (κ1) is 13.0. The molecule has 1 fully saturated rings. The first-order valence-electron chi connectivity index (χ1n) is 6.20. The summed E-state index contributed by atoms with van der Waals surface area (Å²) in [6, 6.07) is 2.07. The predicted octanol–water partition coefficient (Wildman–Crippen LogP) is 3.83. The lowest BCUT2D eigenvalue weighted by molar-refractivity contribution is -0.0542. The fraction of sp³-hybridized carbons (Fsp3) is 0.692. The highest BCUT2D eigenvalue weighted by molar-refractivity contribution is 7.07. The topological polar surface area (TPSA) is 26.0 Å². The van der Waals surface area contributed by atoms with E-state index in [0.717, 1.165) is 19.3 Å². The third-order valence-corrected chi connectivity index (χ3v) is 4.19. The predicted molar refractivity (Wildman–Crippen MR) is 67.5 cm³/mol. The third kappa shape index (κ3) is 4.03. The number of hydrogen-bond donors (Lipinski definition) is 1. The molecule has 0 aliphatic heterocycles. The number of halogens is 2. The second-order valence-electron chi connectivity index (χ2n) is 5.15. The first-order chi connectivity index (χ1) is 8.05. The van der Waals surface area contributed by atoms with Crippen molar-refractivity contribution in [3.05, 3.63) is 22.4 Å². The lowest BCUT2D eigenvalue weighted by Crippen LogP contribution is -2.32. The zero-order chi connectivity index (χ0) is 12.3. The molecule has 17 heavy (non-hydrogen) atoms. The first-order valence-corrected chi connectivity index (χ1v) is 7.14. The zero-order valence-corrected chi connectivity index (χ0v) is 10.7. The van der Waals surface area contributed by atoms with Crippen LogP contribution in [0.3, 0.4) is 0 Å². The van der Waals surface area contributed by atoms with Crippen LogP contribution in [0.15, 0.2) is 16.8 Å². The number of hydrogen-bond acceptors (Lipinski definition) is 2. The van der Waals surface area contributed by atoms with Gasteiger partial charge in [-0.2, -0.15) is 11.3 Å². The van der Waals surface area contributed by atoms with Crippen molar-refractivity contribution in [2.24, 2.45) is 11.7 Å². The average molecular weight is 259 g/mol. The summed E-state index contributed by atoms with van der Waals surface area (Å²) in [6.45, 7) is 0. The number of nitrogens with two attached hydrogens (primary N) is 1.